The van der Waals surface area contributed by atoms with Gasteiger partial charge in [0.2, 0.25) is 0 Å². The Kier molecular flexibility index (Phi) is 6.34. The van der Waals surface area contributed by atoms with Gasteiger partial charge >= 0.3 is 0 Å². The quantitative estimate of drug-likeness (QED) is 0.702. The molecule has 1 aromatic carbocycles. The Hall–Kier alpha value is -1.50. The van der Waals surface area contributed by atoms with E-state index < -0.39 is 0 Å². The van der Waals surface area contributed by atoms with Gasteiger partial charge in [0.25, 0.3) is 0 Å². The lowest BCUT2D eigenvalue weighted by molar-refractivity contribution is 0.0615. The molecule has 2 heterocycles. The second-order valence-electron chi connectivity index (χ2n) is 9.24. The van der Waals surface area contributed by atoms with Gasteiger partial charge in [0.1, 0.15) is 0 Å². The van der Waals surface area contributed by atoms with Crippen LogP contribution in [0.25, 0.3) is 0 Å². The minimum absolute atomic E-state index is 0.0892. The molecule has 3 aliphatic rings. The molecule has 0 unspecified atom stereocenters. The number of benzene rings is 1. The molecular weight excluding hydrogens is 396 g/mol. The van der Waals surface area contributed by atoms with E-state index in [1.807, 2.05) is 12.1 Å². The Bertz CT molecular complexity index is 801. The van der Waals surface area contributed by atoms with Crippen LogP contribution >= 0.6 is 11.6 Å². The Balaban J connectivity index is 1.39. The third-order valence-electron chi connectivity index (χ3n) is 7.42. The van der Waals surface area contributed by atoms with Crippen LogP contribution in [0.1, 0.15) is 81.3 Å². The predicted molar refractivity (Wildman–Crippen MR) is 119 cm³/mol. The lowest BCUT2D eigenvalue weighted by atomic mass is 9.93. The molecule has 30 heavy (non-hydrogen) atoms. The van der Waals surface area contributed by atoms with Gasteiger partial charge in [-0.1, -0.05) is 55.8 Å². The van der Waals surface area contributed by atoms with Crippen molar-refractivity contribution in [3.05, 3.63) is 40.7 Å². The fourth-order valence-electron chi connectivity index (χ4n) is 5.76. The molecule has 0 amide bonds. The summed E-state index contributed by atoms with van der Waals surface area (Å²) in [5, 5.41) is 13.9. The minimum atomic E-state index is 0.0892. The van der Waals surface area contributed by atoms with Gasteiger partial charge in [-0.05, 0) is 53.8 Å². The molecule has 1 aromatic heterocycles. The van der Waals surface area contributed by atoms with E-state index in [0.29, 0.717) is 6.04 Å². The van der Waals surface area contributed by atoms with Crippen LogP contribution in [-0.4, -0.2) is 62.2 Å². The Morgan fingerprint density at radius 3 is 2.13 bits per heavy atom. The van der Waals surface area contributed by atoms with Gasteiger partial charge in [-0.3, -0.25) is 9.80 Å². The van der Waals surface area contributed by atoms with E-state index in [2.05, 4.69) is 42.1 Å². The highest BCUT2D eigenvalue weighted by Crippen LogP contribution is 2.35. The first-order chi connectivity index (χ1) is 14.8. The van der Waals surface area contributed by atoms with Crippen LogP contribution in [0.15, 0.2) is 24.3 Å². The zero-order valence-corrected chi connectivity index (χ0v) is 18.6. The average molecular weight is 429 g/mol. The summed E-state index contributed by atoms with van der Waals surface area (Å²) in [6.07, 6.45) is 11.9. The van der Waals surface area contributed by atoms with Crippen molar-refractivity contribution in [1.82, 2.24) is 30.0 Å². The molecule has 2 aromatic rings. The molecule has 1 atom stereocenters. The Labute approximate surface area is 184 Å². The van der Waals surface area contributed by atoms with Crippen molar-refractivity contribution >= 4 is 11.6 Å². The van der Waals surface area contributed by atoms with Crippen molar-refractivity contribution < 1.29 is 0 Å². The van der Waals surface area contributed by atoms with Crippen molar-refractivity contribution in [2.75, 3.05) is 26.2 Å². The summed E-state index contributed by atoms with van der Waals surface area (Å²) in [5.74, 6) is 0.996. The van der Waals surface area contributed by atoms with Gasteiger partial charge in [0.15, 0.2) is 5.82 Å². The third-order valence-corrected chi connectivity index (χ3v) is 7.68. The maximum absolute atomic E-state index is 6.20. The van der Waals surface area contributed by atoms with Gasteiger partial charge < -0.3 is 0 Å². The predicted octanol–water partition coefficient (Wildman–Crippen LogP) is 4.48. The second kappa shape index (κ2) is 9.33. The van der Waals surface area contributed by atoms with Gasteiger partial charge in [-0.2, -0.15) is 0 Å². The van der Waals surface area contributed by atoms with Gasteiger partial charge in [-0.15, -0.1) is 5.10 Å². The van der Waals surface area contributed by atoms with Crippen molar-refractivity contribution in [3.63, 3.8) is 0 Å². The highest BCUT2D eigenvalue weighted by atomic mass is 35.5. The summed E-state index contributed by atoms with van der Waals surface area (Å²) in [6, 6.07) is 9.60. The number of nitrogens with zero attached hydrogens (tertiary/aromatic N) is 6. The number of piperazine rings is 1. The molecule has 1 aliphatic heterocycles. The van der Waals surface area contributed by atoms with Crippen LogP contribution in [0, 0.1) is 0 Å². The summed E-state index contributed by atoms with van der Waals surface area (Å²) in [4.78, 5) is 5.31. The molecule has 2 saturated carbocycles. The zero-order chi connectivity index (χ0) is 20.3. The molecular formula is C23H33ClN6. The first-order valence-electron chi connectivity index (χ1n) is 11.8. The van der Waals surface area contributed by atoms with Crippen molar-refractivity contribution in [3.8, 4) is 0 Å². The maximum Gasteiger partial charge on any atom is 0.173 e. The smallest absolute Gasteiger partial charge is 0.173 e. The summed E-state index contributed by atoms with van der Waals surface area (Å²) < 4.78 is 2.12. The molecule has 3 fully saturated rings. The van der Waals surface area contributed by atoms with Crippen LogP contribution in [0.4, 0.5) is 0 Å². The fraction of sp³-hybridized carbons (Fsp3) is 0.696. The number of rotatable bonds is 5. The Morgan fingerprint density at radius 2 is 1.43 bits per heavy atom. The Morgan fingerprint density at radius 1 is 0.800 bits per heavy atom. The lowest BCUT2D eigenvalue weighted by Crippen LogP contribution is -2.52. The molecule has 0 N–H and O–H groups in total. The largest absolute Gasteiger partial charge is 0.298 e. The van der Waals surface area contributed by atoms with Crippen LogP contribution in [0.3, 0.4) is 0 Å². The molecule has 0 bridgehead atoms. The fourth-order valence-corrected chi connectivity index (χ4v) is 5.89. The van der Waals surface area contributed by atoms with E-state index in [-0.39, 0.29) is 6.04 Å². The molecule has 5 rings (SSSR count). The molecule has 1 saturated heterocycles. The first kappa shape index (κ1) is 20.4. The standard InChI is InChI=1S/C23H33ClN6/c24-19-12-10-18(11-13-19)22(23-25-26-27-30(23)21-8-4-5-9-21)29-16-14-28(15-17-29)20-6-2-1-3-7-20/h10-13,20-22H,1-9,14-17H2/t22-/m1/s1. The number of hydrogen-bond acceptors (Lipinski definition) is 5. The lowest BCUT2D eigenvalue weighted by Gasteiger charge is -2.43. The molecule has 162 valence electrons. The van der Waals surface area contributed by atoms with E-state index in [4.69, 9.17) is 11.6 Å². The molecule has 0 radical (unpaired) electrons. The highest BCUT2D eigenvalue weighted by Gasteiger charge is 2.34. The van der Waals surface area contributed by atoms with Crippen molar-refractivity contribution in [2.24, 2.45) is 0 Å². The van der Waals surface area contributed by atoms with E-state index in [0.717, 1.165) is 43.1 Å². The molecule has 2 aliphatic carbocycles. The number of tetrazole rings is 1. The highest BCUT2D eigenvalue weighted by molar-refractivity contribution is 6.30. The summed E-state index contributed by atoms with van der Waals surface area (Å²) in [6.45, 7) is 4.39. The van der Waals surface area contributed by atoms with E-state index in [1.165, 1.54) is 63.4 Å². The van der Waals surface area contributed by atoms with E-state index >= 15 is 0 Å². The first-order valence-corrected chi connectivity index (χ1v) is 12.2. The van der Waals surface area contributed by atoms with Crippen LogP contribution in [0.5, 0.6) is 0 Å². The number of halogens is 1. The van der Waals surface area contributed by atoms with E-state index in [9.17, 15) is 0 Å². The number of aromatic nitrogens is 4. The van der Waals surface area contributed by atoms with Gasteiger partial charge in [0, 0.05) is 37.2 Å². The molecule has 0 spiro atoms. The normalized spacial score (nSPS) is 23.8. The minimum Gasteiger partial charge on any atom is -0.298 e. The SMILES string of the molecule is Clc1ccc([C@H](c2nnnn2C2CCCC2)N2CCN(C3CCCCC3)CC2)cc1. The molecule has 7 heteroatoms. The summed E-state index contributed by atoms with van der Waals surface area (Å²) >= 11 is 6.20. The third kappa shape index (κ3) is 4.27. The van der Waals surface area contributed by atoms with Crippen molar-refractivity contribution in [2.45, 2.75) is 75.9 Å². The van der Waals surface area contributed by atoms with Crippen LogP contribution in [0.2, 0.25) is 5.02 Å². The zero-order valence-electron chi connectivity index (χ0n) is 17.8. The monoisotopic (exact) mass is 428 g/mol. The summed E-state index contributed by atoms with van der Waals surface area (Å²) in [7, 11) is 0. The topological polar surface area (TPSA) is 50.1 Å². The second-order valence-corrected chi connectivity index (χ2v) is 9.67. The maximum atomic E-state index is 6.20. The van der Waals surface area contributed by atoms with Gasteiger partial charge in [-0.25, -0.2) is 4.68 Å². The van der Waals surface area contributed by atoms with Gasteiger partial charge in [0.05, 0.1) is 12.1 Å². The number of hydrogen-bond donors (Lipinski definition) is 0. The summed E-state index contributed by atoms with van der Waals surface area (Å²) in [5.41, 5.74) is 1.24. The van der Waals surface area contributed by atoms with Crippen LogP contribution in [-0.2, 0) is 0 Å². The van der Waals surface area contributed by atoms with Crippen LogP contribution < -0.4 is 0 Å². The average Bonchev–Trinajstić information content (AvgIpc) is 3.48. The molecule has 6 nitrogen and oxygen atoms in total. The van der Waals surface area contributed by atoms with E-state index in [1.54, 1.807) is 0 Å². The van der Waals surface area contributed by atoms with Crippen molar-refractivity contribution in [1.29, 1.82) is 0 Å².